The molecule has 0 radical (unpaired) electrons. The van der Waals surface area contributed by atoms with Gasteiger partial charge in [-0.05, 0) is 31.4 Å². The van der Waals surface area contributed by atoms with Gasteiger partial charge >= 0.3 is 0 Å². The Labute approximate surface area is 144 Å². The quantitative estimate of drug-likeness (QED) is 0.893. The average Bonchev–Trinajstić information content (AvgIpc) is 2.54. The minimum absolute atomic E-state index is 0. The van der Waals surface area contributed by atoms with E-state index in [1.165, 1.54) is 0 Å². The van der Waals surface area contributed by atoms with Gasteiger partial charge in [-0.15, -0.1) is 12.4 Å². The number of hydrogen-bond donors (Lipinski definition) is 1. The van der Waals surface area contributed by atoms with Crippen LogP contribution in [-0.4, -0.2) is 38.1 Å². The number of benzene rings is 1. The third-order valence-corrected chi connectivity index (χ3v) is 4.34. The van der Waals surface area contributed by atoms with Gasteiger partial charge in [0.2, 0.25) is 5.91 Å². The lowest BCUT2D eigenvalue weighted by Gasteiger charge is -2.29. The zero-order chi connectivity index (χ0) is 16.1. The second kappa shape index (κ2) is 8.99. The van der Waals surface area contributed by atoms with Crippen LogP contribution in [0.2, 0.25) is 0 Å². The van der Waals surface area contributed by atoms with E-state index in [0.717, 1.165) is 42.7 Å². The summed E-state index contributed by atoms with van der Waals surface area (Å²) in [6, 6.07) is 5.82. The number of carbonyl (C=O) groups excluding carboxylic acids is 1. The maximum atomic E-state index is 12.6. The summed E-state index contributed by atoms with van der Waals surface area (Å²) in [5.41, 5.74) is 6.96. The smallest absolute Gasteiger partial charge is 0.225 e. The number of rotatable bonds is 5. The fraction of sp³-hybridized carbons (Fsp3) is 0.588. The second-order valence-corrected chi connectivity index (χ2v) is 6.00. The van der Waals surface area contributed by atoms with Gasteiger partial charge in [-0.3, -0.25) is 4.79 Å². The van der Waals surface area contributed by atoms with E-state index in [-0.39, 0.29) is 30.3 Å². The standard InChI is InChI=1S/C17H26N2O3.ClH/c1-19(17(20)12-5-4-6-14(18)9-12)11-13-7-8-15(21-2)10-16(13)22-3;/h7-8,10,12,14H,4-6,9,11,18H2,1-3H3;1H. The SMILES string of the molecule is COc1ccc(CN(C)C(=O)C2CCCC(N)C2)c(OC)c1.Cl. The van der Waals surface area contributed by atoms with E-state index in [1.807, 2.05) is 25.2 Å². The normalized spacial score (nSPS) is 20.3. The van der Waals surface area contributed by atoms with Gasteiger partial charge in [0.1, 0.15) is 11.5 Å². The summed E-state index contributed by atoms with van der Waals surface area (Å²) < 4.78 is 10.6. The molecule has 0 saturated heterocycles. The topological polar surface area (TPSA) is 64.8 Å². The Bertz CT molecular complexity index is 525. The summed E-state index contributed by atoms with van der Waals surface area (Å²) in [4.78, 5) is 14.3. The Morgan fingerprint density at radius 1 is 1.30 bits per heavy atom. The first-order valence-corrected chi connectivity index (χ1v) is 7.76. The highest BCUT2D eigenvalue weighted by Crippen LogP contribution is 2.28. The van der Waals surface area contributed by atoms with Crippen molar-refractivity contribution in [3.05, 3.63) is 23.8 Å². The highest BCUT2D eigenvalue weighted by Gasteiger charge is 2.27. The molecule has 2 atom stereocenters. The molecule has 1 aromatic rings. The molecular formula is C17H27ClN2O3. The number of methoxy groups -OCH3 is 2. The number of hydrogen-bond acceptors (Lipinski definition) is 4. The van der Waals surface area contributed by atoms with Crippen molar-refractivity contribution in [2.24, 2.45) is 11.7 Å². The maximum Gasteiger partial charge on any atom is 0.225 e. The summed E-state index contributed by atoms with van der Waals surface area (Å²) in [5.74, 6) is 1.71. The largest absolute Gasteiger partial charge is 0.497 e. The number of halogens is 1. The summed E-state index contributed by atoms with van der Waals surface area (Å²) in [6.07, 6.45) is 3.80. The van der Waals surface area contributed by atoms with Gasteiger partial charge in [-0.25, -0.2) is 0 Å². The van der Waals surface area contributed by atoms with Crippen molar-refractivity contribution in [2.75, 3.05) is 21.3 Å². The molecule has 2 N–H and O–H groups in total. The summed E-state index contributed by atoms with van der Waals surface area (Å²) >= 11 is 0. The van der Waals surface area contributed by atoms with E-state index in [1.54, 1.807) is 19.1 Å². The van der Waals surface area contributed by atoms with Gasteiger partial charge in [-0.2, -0.15) is 0 Å². The summed E-state index contributed by atoms with van der Waals surface area (Å²) in [7, 11) is 5.09. The fourth-order valence-electron chi connectivity index (χ4n) is 3.08. The van der Waals surface area contributed by atoms with E-state index < -0.39 is 0 Å². The maximum absolute atomic E-state index is 12.6. The molecule has 2 unspecified atom stereocenters. The molecule has 1 amide bonds. The molecule has 0 aromatic heterocycles. The molecule has 0 bridgehead atoms. The first-order chi connectivity index (χ1) is 10.5. The van der Waals surface area contributed by atoms with Crippen LogP contribution < -0.4 is 15.2 Å². The van der Waals surface area contributed by atoms with Crippen molar-refractivity contribution < 1.29 is 14.3 Å². The Morgan fingerprint density at radius 2 is 2.04 bits per heavy atom. The lowest BCUT2D eigenvalue weighted by atomic mass is 9.85. The second-order valence-electron chi connectivity index (χ2n) is 6.00. The van der Waals surface area contributed by atoms with Crippen LogP contribution in [0.3, 0.4) is 0 Å². The lowest BCUT2D eigenvalue weighted by Crippen LogP contribution is -2.38. The van der Waals surface area contributed by atoms with Crippen LogP contribution in [0.4, 0.5) is 0 Å². The number of amides is 1. The first-order valence-electron chi connectivity index (χ1n) is 7.76. The van der Waals surface area contributed by atoms with E-state index in [2.05, 4.69) is 0 Å². The predicted octanol–water partition coefficient (Wildman–Crippen LogP) is 2.60. The first kappa shape index (κ1) is 19.6. The molecule has 1 aromatic carbocycles. The van der Waals surface area contributed by atoms with Crippen molar-refractivity contribution in [1.82, 2.24) is 4.90 Å². The number of nitrogens with two attached hydrogens (primary N) is 1. The average molecular weight is 343 g/mol. The van der Waals surface area contributed by atoms with Gasteiger partial charge in [0, 0.05) is 37.2 Å². The minimum atomic E-state index is 0. The van der Waals surface area contributed by atoms with E-state index in [9.17, 15) is 4.79 Å². The predicted molar refractivity (Wildman–Crippen MR) is 93.2 cm³/mol. The van der Waals surface area contributed by atoms with Crippen molar-refractivity contribution in [3.8, 4) is 11.5 Å². The molecule has 1 aliphatic rings. The van der Waals surface area contributed by atoms with Crippen LogP contribution in [0.1, 0.15) is 31.2 Å². The molecule has 6 heteroatoms. The summed E-state index contributed by atoms with van der Waals surface area (Å²) in [5, 5.41) is 0. The molecule has 5 nitrogen and oxygen atoms in total. The van der Waals surface area contributed by atoms with Crippen molar-refractivity contribution >= 4 is 18.3 Å². The van der Waals surface area contributed by atoms with Crippen LogP contribution in [0.5, 0.6) is 11.5 Å². The number of carbonyl (C=O) groups is 1. The van der Waals surface area contributed by atoms with Crippen LogP contribution in [0.15, 0.2) is 18.2 Å². The highest BCUT2D eigenvalue weighted by molar-refractivity contribution is 5.85. The Hall–Kier alpha value is -1.46. The third kappa shape index (κ3) is 5.01. The van der Waals surface area contributed by atoms with Crippen LogP contribution >= 0.6 is 12.4 Å². The van der Waals surface area contributed by atoms with Crippen molar-refractivity contribution in [2.45, 2.75) is 38.3 Å². The summed E-state index contributed by atoms with van der Waals surface area (Å²) in [6.45, 7) is 0.526. The van der Waals surface area contributed by atoms with Gasteiger partial charge in [0.25, 0.3) is 0 Å². The van der Waals surface area contributed by atoms with Gasteiger partial charge in [0.05, 0.1) is 14.2 Å². The van der Waals surface area contributed by atoms with Crippen molar-refractivity contribution in [1.29, 1.82) is 0 Å². The minimum Gasteiger partial charge on any atom is -0.497 e. The molecule has 1 fully saturated rings. The van der Waals surface area contributed by atoms with Crippen molar-refractivity contribution in [3.63, 3.8) is 0 Å². The van der Waals surface area contributed by atoms with Gasteiger partial charge in [-0.1, -0.05) is 6.42 Å². The molecule has 0 spiro atoms. The molecule has 2 rings (SSSR count). The van der Waals surface area contributed by atoms with E-state index >= 15 is 0 Å². The molecular weight excluding hydrogens is 316 g/mol. The van der Waals surface area contributed by atoms with E-state index in [4.69, 9.17) is 15.2 Å². The molecule has 130 valence electrons. The molecule has 23 heavy (non-hydrogen) atoms. The highest BCUT2D eigenvalue weighted by atomic mass is 35.5. The number of nitrogens with zero attached hydrogens (tertiary/aromatic N) is 1. The van der Waals surface area contributed by atoms with Gasteiger partial charge in [0.15, 0.2) is 0 Å². The Balaban J connectivity index is 0.00000264. The number of ether oxygens (including phenoxy) is 2. The molecule has 0 aliphatic heterocycles. The Morgan fingerprint density at radius 3 is 2.65 bits per heavy atom. The zero-order valence-corrected chi connectivity index (χ0v) is 14.9. The third-order valence-electron chi connectivity index (χ3n) is 4.34. The van der Waals surface area contributed by atoms with Gasteiger partial charge < -0.3 is 20.1 Å². The van der Waals surface area contributed by atoms with Crippen LogP contribution in [0, 0.1) is 5.92 Å². The van der Waals surface area contributed by atoms with Crippen LogP contribution in [0.25, 0.3) is 0 Å². The molecule has 1 saturated carbocycles. The fourth-order valence-corrected chi connectivity index (χ4v) is 3.08. The lowest BCUT2D eigenvalue weighted by molar-refractivity contribution is -0.135. The zero-order valence-electron chi connectivity index (χ0n) is 14.1. The Kier molecular flexibility index (Phi) is 7.65. The van der Waals surface area contributed by atoms with E-state index in [0.29, 0.717) is 6.54 Å². The molecule has 1 aliphatic carbocycles. The van der Waals surface area contributed by atoms with Crippen LogP contribution in [-0.2, 0) is 11.3 Å². The monoisotopic (exact) mass is 342 g/mol. The molecule has 0 heterocycles.